The number of ketones is 4. The highest BCUT2D eigenvalue weighted by Gasteiger charge is 2.55. The smallest absolute Gasteiger partial charge is 0.307 e. The van der Waals surface area contributed by atoms with Crippen LogP contribution < -0.4 is 43.6 Å². The molecule has 0 radical (unpaired) electrons. The Kier molecular flexibility index (Phi) is 26.3. The van der Waals surface area contributed by atoms with Gasteiger partial charge >= 0.3 is 5.97 Å². The molecule has 9 heterocycles. The summed E-state index contributed by atoms with van der Waals surface area (Å²) in [5.74, 6) is 3.84. The molecule has 138 heavy (non-hydrogen) atoms. The molecule has 30 heteroatoms. The number of sulfonamides is 1. The molecule has 0 spiro atoms. The lowest BCUT2D eigenvalue weighted by atomic mass is 9.88. The maximum Gasteiger partial charge on any atom is 0.307 e. The van der Waals surface area contributed by atoms with E-state index in [2.05, 4.69) is 25.9 Å². The molecule has 8 aromatic carbocycles. The molecule has 708 valence electrons. The first kappa shape index (κ1) is 93.2. The number of pyridine rings is 4. The first-order chi connectivity index (χ1) is 66.8. The second kappa shape index (κ2) is 38.9. The number of ether oxygens (including phenoxy) is 9. The maximum atomic E-state index is 13.4. The van der Waals surface area contributed by atoms with Crippen molar-refractivity contribution < 1.29 is 98.4 Å². The fourth-order valence-corrected chi connectivity index (χ4v) is 22.7. The van der Waals surface area contributed by atoms with Crippen LogP contribution in [0.25, 0.3) is 44.8 Å². The SMILES string of the molecule is COCCN1CCN(S(=O)(=O)c2ccc(-c3cccc(CC(=O)C4(c5ccc6c(c5)OCO6)CC4)n3)cc2)CC1.Cc1cc(-c2cccc(CO)c2)cnc1CC(=O)C1(c2ccc3c(c2)OCO3)CC1.NC(=O)c1cccc(-c2ccc(CC(=O)C3(c4ccc5c(c4)OCO5)CC3)nc2)c1.O=C(O)[C@@H]1CCCC1S(=O)(=O)c1ccc(-c2cccc(CC(=O)C3(c4ccc5c(c4)OCO5)CC3)n2)cc1. The van der Waals surface area contributed by atoms with Gasteiger partial charge in [0, 0.05) is 123 Å². The zero-order chi connectivity index (χ0) is 95.7. The van der Waals surface area contributed by atoms with E-state index in [-0.39, 0.29) is 86.0 Å². The summed E-state index contributed by atoms with van der Waals surface area (Å²) in [6.07, 6.45) is 12.4. The summed E-state index contributed by atoms with van der Waals surface area (Å²) >= 11 is 0. The van der Waals surface area contributed by atoms with Crippen molar-refractivity contribution in [3.63, 3.8) is 0 Å². The van der Waals surface area contributed by atoms with Gasteiger partial charge < -0.3 is 58.6 Å². The number of aliphatic hydroxyl groups is 1. The van der Waals surface area contributed by atoms with Crippen LogP contribution in [0.1, 0.15) is 137 Å². The fourth-order valence-electron chi connectivity index (χ4n) is 19.3. The van der Waals surface area contributed by atoms with Gasteiger partial charge in [-0.1, -0.05) is 103 Å². The van der Waals surface area contributed by atoms with Crippen molar-refractivity contribution >= 4 is 54.9 Å². The third-order valence-electron chi connectivity index (χ3n) is 28.1. The Morgan fingerprint density at radius 2 is 0.862 bits per heavy atom. The molecule has 12 aromatic rings. The molecule has 2 atom stereocenters. The van der Waals surface area contributed by atoms with Gasteiger partial charge in [0.25, 0.3) is 0 Å². The average molecular weight is 1900 g/mol. The third kappa shape index (κ3) is 19.5. The minimum atomic E-state index is -3.76. The molecule has 5 aliphatic heterocycles. The van der Waals surface area contributed by atoms with Crippen molar-refractivity contribution in [2.45, 2.75) is 147 Å². The van der Waals surface area contributed by atoms with Gasteiger partial charge in [0.15, 0.2) is 55.8 Å². The van der Waals surface area contributed by atoms with Gasteiger partial charge in [0.05, 0.1) is 72.9 Å². The molecule has 4 N–H and O–H groups in total. The Morgan fingerprint density at radius 3 is 1.30 bits per heavy atom. The van der Waals surface area contributed by atoms with Crippen LogP contribution in [0.15, 0.2) is 247 Å². The number of aromatic nitrogens is 4. The number of nitrogens with zero attached hydrogens (tertiary/aromatic N) is 6. The van der Waals surface area contributed by atoms with E-state index < -0.39 is 64.6 Å². The van der Waals surface area contributed by atoms with E-state index in [0.717, 1.165) is 153 Å². The highest BCUT2D eigenvalue weighted by molar-refractivity contribution is 7.92. The molecule has 22 rings (SSSR count). The Morgan fingerprint density at radius 1 is 0.435 bits per heavy atom. The molecule has 4 aromatic heterocycles. The molecule has 6 fully saturated rings. The number of nitrogens with two attached hydrogens (primary N) is 1. The zero-order valence-corrected chi connectivity index (χ0v) is 77.9. The number of benzene rings is 8. The summed E-state index contributed by atoms with van der Waals surface area (Å²) in [5, 5.41) is 17.9. The maximum absolute atomic E-state index is 13.4. The first-order valence-corrected chi connectivity index (χ1v) is 49.4. The van der Waals surface area contributed by atoms with Crippen molar-refractivity contribution in [1.82, 2.24) is 29.1 Å². The number of primary amides is 1. The minimum Gasteiger partial charge on any atom is -0.481 e. The number of fused-ring (bicyclic) bond motifs is 4. The molecule has 1 unspecified atom stereocenters. The van der Waals surface area contributed by atoms with Crippen molar-refractivity contribution in [2.24, 2.45) is 11.7 Å². The van der Waals surface area contributed by atoms with E-state index in [9.17, 15) is 55.8 Å². The Labute approximate surface area is 798 Å². The number of Topliss-reactive ketones (excluding diaryl/α,β-unsaturated/α-hetero) is 4. The number of methoxy groups -OCH3 is 1. The summed E-state index contributed by atoms with van der Waals surface area (Å²) in [4.78, 5) is 97.2. The number of carboxylic acid groups (broad SMARTS) is 1. The number of sulfone groups is 1. The summed E-state index contributed by atoms with van der Waals surface area (Å²) in [5.41, 5.74) is 19.1. The number of hydrogen-bond acceptors (Lipinski definition) is 25. The standard InChI is InChI=1S/C30H33N3O6S.C29H27NO7S.C25H23NO4.C24H20N2O4/c1-37-18-17-32-13-15-33(16-14-32)40(35,36)25-8-5-22(6-9-25)26-4-2-3-24(31-26)20-29(34)30(11-12-30)23-7-10-27-28(19-23)39-21-38-27;31-27(29(13-14-29)19-9-12-24-25(15-19)37-17-36-24)16-20-3-1-5-23(30-20)18-7-10-21(11-8-18)38(34,35)26-6-2-4-22(26)28(32)33;1-16-9-19(18-4-2-3-17(10-18)14-27)13-26-21(16)12-24(28)25(7-8-25)20-5-6-22-23(11-20)30-15-29-22;25-23(28)16-3-1-2-15(10-16)17-4-6-19(26-13-17)12-22(27)24(8-9-24)18-5-7-20-21(11-18)30-14-29-20/h2-10,19H,11-18,20-21H2,1H3;1,3,5,7-12,15,22,26H,2,4,6,13-14,16-17H2,(H,32,33);2-6,9-11,13,27H,7-8,12,14-15H2,1H3;1-7,10-11,13H,8-9,12,14H2,(H2,25,28)/t;22-,26?;;/m.1../s1. The lowest BCUT2D eigenvalue weighted by Crippen LogP contribution is -2.49. The van der Waals surface area contributed by atoms with Crippen molar-refractivity contribution in [2.75, 3.05) is 73.6 Å². The van der Waals surface area contributed by atoms with Crippen LogP contribution in [-0.2, 0) is 103 Å². The average Bonchev–Trinajstić information content (AvgIpc) is 1.59. The second-order valence-electron chi connectivity index (χ2n) is 36.6. The second-order valence-corrected chi connectivity index (χ2v) is 40.7. The lowest BCUT2D eigenvalue weighted by Gasteiger charge is -2.33. The Balaban J connectivity index is 0.000000118. The third-order valence-corrected chi connectivity index (χ3v) is 32.3. The van der Waals surface area contributed by atoms with E-state index >= 15 is 0 Å². The molecule has 5 aliphatic carbocycles. The van der Waals surface area contributed by atoms with Gasteiger partial charge in [0.1, 0.15) is 23.1 Å². The molecule has 0 bridgehead atoms. The number of carboxylic acids is 1. The van der Waals surface area contributed by atoms with Crippen LogP contribution in [0.5, 0.6) is 46.0 Å². The number of aliphatic hydroxyl groups excluding tert-OH is 1. The van der Waals surface area contributed by atoms with Crippen molar-refractivity contribution in [1.29, 1.82) is 0 Å². The molecule has 1 saturated heterocycles. The molecule has 10 aliphatic rings. The summed E-state index contributed by atoms with van der Waals surface area (Å²) < 4.78 is 103. The largest absolute Gasteiger partial charge is 0.481 e. The van der Waals surface area contributed by atoms with E-state index in [1.165, 1.54) is 12.1 Å². The topological polar surface area (TPSA) is 378 Å². The number of hydrogen-bond donors (Lipinski definition) is 3. The predicted octanol–water partition coefficient (Wildman–Crippen LogP) is 15.2. The van der Waals surface area contributed by atoms with Crippen LogP contribution in [0, 0.1) is 12.8 Å². The van der Waals surface area contributed by atoms with Gasteiger partial charge in [-0.3, -0.25) is 53.6 Å². The molecular formula is C108H103N7O21S2. The molecule has 28 nitrogen and oxygen atoms in total. The van der Waals surface area contributed by atoms with E-state index in [1.54, 1.807) is 72.2 Å². The number of carbonyl (C=O) groups excluding carboxylic acids is 5. The number of rotatable bonds is 30. The number of aryl methyl sites for hydroxylation is 1. The minimum absolute atomic E-state index is 0.00871. The fraction of sp³-hybridized carbons (Fsp3) is 0.315. The highest BCUT2D eigenvalue weighted by atomic mass is 32.2. The van der Waals surface area contributed by atoms with Crippen LogP contribution in [0.4, 0.5) is 0 Å². The highest BCUT2D eigenvalue weighted by Crippen LogP contribution is 2.56. The summed E-state index contributed by atoms with van der Waals surface area (Å²) in [7, 11) is -5.67. The van der Waals surface area contributed by atoms with Gasteiger partial charge in [0.2, 0.25) is 43.1 Å². The van der Waals surface area contributed by atoms with Crippen LogP contribution in [0.2, 0.25) is 0 Å². The first-order valence-electron chi connectivity index (χ1n) is 46.4. The number of amides is 1. The lowest BCUT2D eigenvalue weighted by molar-refractivity contribution is -0.141. The van der Waals surface area contributed by atoms with Crippen molar-refractivity contribution in [3.8, 4) is 90.8 Å². The van der Waals surface area contributed by atoms with Crippen LogP contribution in [0.3, 0.4) is 0 Å². The van der Waals surface area contributed by atoms with E-state index in [1.807, 2.05) is 165 Å². The van der Waals surface area contributed by atoms with Gasteiger partial charge in [-0.15, -0.1) is 0 Å². The van der Waals surface area contributed by atoms with Gasteiger partial charge in [-0.05, 0) is 243 Å². The van der Waals surface area contributed by atoms with Crippen LogP contribution >= 0.6 is 0 Å². The monoisotopic (exact) mass is 1900 g/mol. The van der Waals surface area contributed by atoms with E-state index in [4.69, 9.17) is 53.3 Å². The quantitative estimate of drug-likeness (QED) is 0.0376. The van der Waals surface area contributed by atoms with Crippen LogP contribution in [-0.4, -0.2) is 170 Å². The predicted molar refractivity (Wildman–Crippen MR) is 510 cm³/mol. The Hall–Kier alpha value is -13.9. The number of carbonyl (C=O) groups is 6. The molecule has 5 saturated carbocycles. The number of piperazine rings is 1. The van der Waals surface area contributed by atoms with E-state index in [0.29, 0.717) is 116 Å². The normalized spacial score (nSPS) is 18.1. The zero-order valence-electron chi connectivity index (χ0n) is 76.3. The van der Waals surface area contributed by atoms with Gasteiger partial charge in [-0.2, -0.15) is 4.31 Å². The Bertz CT molecular complexity index is 6950. The van der Waals surface area contributed by atoms with Crippen molar-refractivity contribution in [3.05, 3.63) is 299 Å². The summed E-state index contributed by atoms with van der Waals surface area (Å²) in [6, 6.07) is 68.1. The van der Waals surface area contributed by atoms with Gasteiger partial charge in [-0.25, -0.2) is 16.8 Å². The summed E-state index contributed by atoms with van der Waals surface area (Å²) in [6.45, 7) is 6.58. The molecule has 1 amide bonds. The number of aliphatic carboxylic acids is 1. The molecular weight excluding hydrogens is 1800 g/mol.